The van der Waals surface area contributed by atoms with Crippen LogP contribution in [0.3, 0.4) is 0 Å². The van der Waals surface area contributed by atoms with Crippen LogP contribution in [-0.4, -0.2) is 49.9 Å². The van der Waals surface area contributed by atoms with E-state index in [1.54, 1.807) is 12.3 Å². The molecule has 0 saturated heterocycles. The second-order valence-electron chi connectivity index (χ2n) is 7.53. The number of pyridine rings is 1. The number of nitrogens with zero attached hydrogens (tertiary/aromatic N) is 2. The van der Waals surface area contributed by atoms with E-state index in [9.17, 15) is 22.8 Å². The maximum absolute atomic E-state index is 12.5. The van der Waals surface area contributed by atoms with Crippen molar-refractivity contribution < 1.29 is 27.9 Å². The first-order valence-corrected chi connectivity index (χ1v) is 11.5. The third kappa shape index (κ3) is 7.26. The van der Waals surface area contributed by atoms with Crippen molar-refractivity contribution in [1.82, 2.24) is 20.3 Å². The summed E-state index contributed by atoms with van der Waals surface area (Å²) in [5.41, 5.74) is 3.42. The number of amides is 1. The number of aromatic nitrogens is 3. The number of hydrogen-bond acceptors (Lipinski definition) is 7. The molecule has 0 aliphatic carbocycles. The lowest BCUT2D eigenvalue weighted by atomic mass is 10.1. The van der Waals surface area contributed by atoms with Gasteiger partial charge in [-0.1, -0.05) is 12.1 Å². The first kappa shape index (κ1) is 26.2. The van der Waals surface area contributed by atoms with Gasteiger partial charge in [-0.05, 0) is 30.7 Å². The Bertz CT molecular complexity index is 1280. The van der Waals surface area contributed by atoms with Gasteiger partial charge < -0.3 is 20.7 Å². The number of para-hydroxylation sites is 1. The summed E-state index contributed by atoms with van der Waals surface area (Å²) in [5.74, 6) is -1.85. The Balaban J connectivity index is 0.000000429. The molecular formula is C22H22F3N5O4S. The van der Waals surface area contributed by atoms with Crippen LogP contribution >= 0.6 is 11.8 Å². The molecule has 1 aliphatic rings. The first-order valence-electron chi connectivity index (χ1n) is 10.4. The Morgan fingerprint density at radius 2 is 2.00 bits per heavy atom. The number of nitrogens with one attached hydrogen (secondary N) is 3. The van der Waals surface area contributed by atoms with Gasteiger partial charge in [0.2, 0.25) is 5.91 Å². The molecule has 1 atom stereocenters. The maximum atomic E-state index is 12.5. The summed E-state index contributed by atoms with van der Waals surface area (Å²) in [6.45, 7) is 3.55. The van der Waals surface area contributed by atoms with E-state index >= 15 is 0 Å². The minimum atomic E-state index is -5.08. The van der Waals surface area contributed by atoms with Gasteiger partial charge in [-0.15, -0.1) is 11.8 Å². The summed E-state index contributed by atoms with van der Waals surface area (Å²) in [6, 6.07) is 9.20. The zero-order valence-corrected chi connectivity index (χ0v) is 19.3. The van der Waals surface area contributed by atoms with E-state index in [-0.39, 0.29) is 16.7 Å². The molecule has 0 radical (unpaired) electrons. The highest BCUT2D eigenvalue weighted by Gasteiger charge is 2.38. The van der Waals surface area contributed by atoms with E-state index in [1.165, 1.54) is 11.8 Å². The standard InChI is InChI=1S/C20H21N5O2S.C2HF3O2/c1-12(19(26)23-14-8-13-9-21-7-6-16(13)22-10-14)28-11-18-24-17-5-3-2-4-15(17)20(27)25-18;3-2(4,5)1(6)7/h2-5,8,10,12,21H,6-7,9,11H2,1H3,(H,23,26)(H,24,25,27);(H,6,7). The lowest BCUT2D eigenvalue weighted by Gasteiger charge is -2.17. The Morgan fingerprint density at radius 3 is 2.71 bits per heavy atom. The van der Waals surface area contributed by atoms with Crippen LogP contribution in [0, 0.1) is 0 Å². The summed E-state index contributed by atoms with van der Waals surface area (Å²) in [6.07, 6.45) is -2.46. The molecule has 13 heteroatoms. The molecule has 35 heavy (non-hydrogen) atoms. The number of fused-ring (bicyclic) bond motifs is 2. The Kier molecular flexibility index (Phi) is 8.46. The number of carboxylic acid groups (broad SMARTS) is 1. The molecule has 4 rings (SSSR count). The molecule has 0 bridgehead atoms. The summed E-state index contributed by atoms with van der Waals surface area (Å²) in [5, 5.41) is 13.6. The van der Waals surface area contributed by atoms with Crippen molar-refractivity contribution in [2.24, 2.45) is 0 Å². The van der Waals surface area contributed by atoms with Gasteiger partial charge in [0.15, 0.2) is 0 Å². The third-order valence-electron chi connectivity index (χ3n) is 4.93. The summed E-state index contributed by atoms with van der Waals surface area (Å²) in [7, 11) is 0. The predicted molar refractivity (Wildman–Crippen MR) is 125 cm³/mol. The van der Waals surface area contributed by atoms with E-state index in [2.05, 4.69) is 25.6 Å². The SMILES string of the molecule is CC(SCc1nc2ccccc2c(=O)[nH]1)C(=O)Nc1cnc2c(c1)CNCC2.O=C(O)C(F)(F)F. The van der Waals surface area contributed by atoms with Gasteiger partial charge >= 0.3 is 12.1 Å². The van der Waals surface area contributed by atoms with Crippen LogP contribution in [0.5, 0.6) is 0 Å². The molecule has 0 fully saturated rings. The number of benzene rings is 1. The first-order chi connectivity index (χ1) is 16.5. The van der Waals surface area contributed by atoms with Crippen molar-refractivity contribution in [3.05, 3.63) is 64.0 Å². The van der Waals surface area contributed by atoms with Gasteiger partial charge in [-0.2, -0.15) is 13.2 Å². The molecule has 1 aliphatic heterocycles. The fourth-order valence-electron chi connectivity index (χ4n) is 3.14. The highest BCUT2D eigenvalue weighted by Crippen LogP contribution is 2.20. The monoisotopic (exact) mass is 509 g/mol. The van der Waals surface area contributed by atoms with Crippen LogP contribution in [0.15, 0.2) is 41.3 Å². The zero-order valence-electron chi connectivity index (χ0n) is 18.5. The van der Waals surface area contributed by atoms with Gasteiger partial charge in [0.05, 0.1) is 33.8 Å². The van der Waals surface area contributed by atoms with Crippen molar-refractivity contribution in [3.63, 3.8) is 0 Å². The van der Waals surface area contributed by atoms with Crippen molar-refractivity contribution in [3.8, 4) is 0 Å². The number of H-pyrrole nitrogens is 1. The van der Waals surface area contributed by atoms with Crippen molar-refractivity contribution in [2.75, 3.05) is 11.9 Å². The van der Waals surface area contributed by atoms with E-state index in [0.717, 1.165) is 30.8 Å². The summed E-state index contributed by atoms with van der Waals surface area (Å²) >= 11 is 1.43. The minimum Gasteiger partial charge on any atom is -0.475 e. The van der Waals surface area contributed by atoms with Gasteiger partial charge in [0.1, 0.15) is 5.82 Å². The van der Waals surface area contributed by atoms with E-state index < -0.39 is 12.1 Å². The summed E-state index contributed by atoms with van der Waals surface area (Å²) < 4.78 is 31.7. The molecule has 1 aromatic carbocycles. The Hall–Kier alpha value is -3.45. The average molecular weight is 510 g/mol. The third-order valence-corrected chi connectivity index (χ3v) is 6.08. The van der Waals surface area contributed by atoms with Crippen LogP contribution < -0.4 is 16.2 Å². The number of halogens is 3. The predicted octanol–water partition coefficient (Wildman–Crippen LogP) is 2.86. The number of anilines is 1. The second-order valence-corrected chi connectivity index (χ2v) is 8.86. The number of carbonyl (C=O) groups is 2. The molecule has 2 aromatic heterocycles. The maximum Gasteiger partial charge on any atom is 0.490 e. The van der Waals surface area contributed by atoms with Crippen LogP contribution in [-0.2, 0) is 28.3 Å². The van der Waals surface area contributed by atoms with Gasteiger partial charge in [-0.3, -0.25) is 14.6 Å². The lowest BCUT2D eigenvalue weighted by molar-refractivity contribution is -0.192. The van der Waals surface area contributed by atoms with Gasteiger partial charge in [-0.25, -0.2) is 9.78 Å². The molecule has 4 N–H and O–H groups in total. The number of carbonyl (C=O) groups excluding carboxylic acids is 1. The highest BCUT2D eigenvalue weighted by molar-refractivity contribution is 7.99. The number of alkyl halides is 3. The molecule has 1 amide bonds. The van der Waals surface area contributed by atoms with E-state index in [0.29, 0.717) is 28.2 Å². The van der Waals surface area contributed by atoms with Crippen LogP contribution in [0.4, 0.5) is 18.9 Å². The lowest BCUT2D eigenvalue weighted by Crippen LogP contribution is -2.26. The number of rotatable bonds is 5. The quantitative estimate of drug-likeness (QED) is 0.412. The van der Waals surface area contributed by atoms with Crippen LogP contribution in [0.1, 0.15) is 24.0 Å². The molecule has 3 aromatic rings. The molecule has 9 nitrogen and oxygen atoms in total. The molecule has 0 saturated carbocycles. The molecule has 1 unspecified atom stereocenters. The topological polar surface area (TPSA) is 137 Å². The molecule has 186 valence electrons. The molecule has 3 heterocycles. The normalized spacial score (nSPS) is 13.8. The minimum absolute atomic E-state index is 0.0985. The van der Waals surface area contributed by atoms with Crippen molar-refractivity contribution in [2.45, 2.75) is 37.1 Å². The van der Waals surface area contributed by atoms with E-state index in [4.69, 9.17) is 9.90 Å². The number of aliphatic carboxylic acids is 1. The number of aromatic amines is 1. The van der Waals surface area contributed by atoms with E-state index in [1.807, 2.05) is 31.2 Å². The fourth-order valence-corrected chi connectivity index (χ4v) is 3.90. The van der Waals surface area contributed by atoms with Gasteiger partial charge in [0, 0.05) is 25.2 Å². The smallest absolute Gasteiger partial charge is 0.475 e. The zero-order chi connectivity index (χ0) is 25.6. The van der Waals surface area contributed by atoms with Crippen molar-refractivity contribution in [1.29, 1.82) is 0 Å². The van der Waals surface area contributed by atoms with Crippen LogP contribution in [0.2, 0.25) is 0 Å². The Morgan fingerprint density at radius 1 is 1.29 bits per heavy atom. The fraction of sp³-hybridized carbons (Fsp3) is 0.318. The second kappa shape index (κ2) is 11.3. The van der Waals surface area contributed by atoms with Crippen LogP contribution in [0.25, 0.3) is 10.9 Å². The highest BCUT2D eigenvalue weighted by atomic mass is 32.2. The van der Waals surface area contributed by atoms with Gasteiger partial charge in [0.25, 0.3) is 5.56 Å². The number of thioether (sulfide) groups is 1. The molecular weight excluding hydrogens is 487 g/mol. The number of carboxylic acids is 1. The summed E-state index contributed by atoms with van der Waals surface area (Å²) in [4.78, 5) is 45.3. The number of hydrogen-bond donors (Lipinski definition) is 4. The largest absolute Gasteiger partial charge is 0.490 e. The molecule has 0 spiro atoms. The Labute approximate surface area is 201 Å². The average Bonchev–Trinajstić information content (AvgIpc) is 2.82. The van der Waals surface area contributed by atoms with Crippen molar-refractivity contribution >= 4 is 40.2 Å².